The van der Waals surface area contributed by atoms with Gasteiger partial charge in [0, 0.05) is 17.9 Å². The summed E-state index contributed by atoms with van der Waals surface area (Å²) in [4.78, 5) is 0. The van der Waals surface area contributed by atoms with Crippen LogP contribution in [0.2, 0.25) is 0 Å². The van der Waals surface area contributed by atoms with E-state index in [1.165, 1.54) is 21.3 Å². The largest absolute Gasteiger partial charge is 0.504 e. The fourth-order valence-electron chi connectivity index (χ4n) is 3.17. The Bertz CT molecular complexity index is 913. The average molecular weight is 370 g/mol. The molecule has 1 unspecified atom stereocenters. The molecule has 0 saturated carbocycles. The first-order chi connectivity index (χ1) is 13.0. The predicted molar refractivity (Wildman–Crippen MR) is 101 cm³/mol. The second-order valence-electron chi connectivity index (χ2n) is 6.19. The molecule has 0 fully saturated rings. The van der Waals surface area contributed by atoms with E-state index in [4.69, 9.17) is 14.2 Å². The minimum absolute atomic E-state index is 0.0403. The van der Waals surface area contributed by atoms with Crippen LogP contribution in [-0.2, 0) is 4.74 Å². The number of hydrogen-bond donors (Lipinski definition) is 3. The molecule has 142 valence electrons. The fraction of sp³-hybridized carbons (Fsp3) is 0.238. The van der Waals surface area contributed by atoms with Crippen molar-refractivity contribution in [2.75, 3.05) is 21.3 Å². The first kappa shape index (κ1) is 18.5. The number of aliphatic hydroxyl groups excluding tert-OH is 1. The summed E-state index contributed by atoms with van der Waals surface area (Å²) in [5.74, 6) is 1.13. The Balaban J connectivity index is 2.09. The highest BCUT2D eigenvalue weighted by molar-refractivity contribution is 5.72. The zero-order chi connectivity index (χ0) is 19.6. The number of benzene rings is 2. The van der Waals surface area contributed by atoms with Gasteiger partial charge in [-0.05, 0) is 41.5 Å². The van der Waals surface area contributed by atoms with Gasteiger partial charge in [-0.2, -0.15) is 0 Å². The number of rotatable bonds is 5. The van der Waals surface area contributed by atoms with Gasteiger partial charge in [0.15, 0.2) is 28.8 Å². The van der Waals surface area contributed by atoms with Gasteiger partial charge in [-0.1, -0.05) is 12.1 Å². The molecule has 0 aliphatic heterocycles. The summed E-state index contributed by atoms with van der Waals surface area (Å²) < 4.78 is 15.8. The number of phenols is 2. The highest BCUT2D eigenvalue weighted by atomic mass is 16.5. The number of methoxy groups -OCH3 is 3. The summed E-state index contributed by atoms with van der Waals surface area (Å²) in [5.41, 5.74) is 2.24. The van der Waals surface area contributed by atoms with Gasteiger partial charge < -0.3 is 29.5 Å². The number of aromatic hydroxyl groups is 2. The molecule has 6 nitrogen and oxygen atoms in total. The fourth-order valence-corrected chi connectivity index (χ4v) is 3.17. The molecule has 0 bridgehead atoms. The van der Waals surface area contributed by atoms with Crippen LogP contribution in [0.15, 0.2) is 54.0 Å². The van der Waals surface area contributed by atoms with Gasteiger partial charge in [0.25, 0.3) is 0 Å². The van der Waals surface area contributed by atoms with Crippen LogP contribution in [0.25, 0.3) is 11.1 Å². The number of hydrogen-bond acceptors (Lipinski definition) is 6. The Morgan fingerprint density at radius 1 is 0.852 bits per heavy atom. The summed E-state index contributed by atoms with van der Waals surface area (Å²) >= 11 is 0. The van der Waals surface area contributed by atoms with Crippen molar-refractivity contribution in [3.63, 3.8) is 0 Å². The van der Waals surface area contributed by atoms with Crippen molar-refractivity contribution in [1.29, 1.82) is 0 Å². The second-order valence-corrected chi connectivity index (χ2v) is 6.19. The van der Waals surface area contributed by atoms with Crippen LogP contribution in [0.4, 0.5) is 0 Å². The van der Waals surface area contributed by atoms with E-state index in [1.54, 1.807) is 30.3 Å². The molecule has 0 heterocycles. The minimum Gasteiger partial charge on any atom is -0.504 e. The SMILES string of the molecule is COC1=C(O)C=CC(c2cc(-c3ccc(O)c(OC)c3)cc(OC)c2O)C1. The molecule has 1 atom stereocenters. The lowest BCUT2D eigenvalue weighted by molar-refractivity contribution is 0.240. The van der Waals surface area contributed by atoms with Crippen LogP contribution >= 0.6 is 0 Å². The first-order valence-electron chi connectivity index (χ1n) is 8.41. The van der Waals surface area contributed by atoms with Crippen molar-refractivity contribution >= 4 is 0 Å². The molecule has 0 spiro atoms. The maximum Gasteiger partial charge on any atom is 0.161 e. The summed E-state index contributed by atoms with van der Waals surface area (Å²) in [6, 6.07) is 8.61. The highest BCUT2D eigenvalue weighted by Crippen LogP contribution is 2.43. The van der Waals surface area contributed by atoms with Crippen LogP contribution < -0.4 is 9.47 Å². The zero-order valence-electron chi connectivity index (χ0n) is 15.4. The molecule has 0 aromatic heterocycles. The van der Waals surface area contributed by atoms with Crippen LogP contribution in [0.1, 0.15) is 17.9 Å². The maximum absolute atomic E-state index is 10.6. The first-order valence-corrected chi connectivity index (χ1v) is 8.41. The summed E-state index contributed by atoms with van der Waals surface area (Å²) in [6.07, 6.45) is 3.79. The molecule has 0 radical (unpaired) electrons. The third-order valence-electron chi connectivity index (χ3n) is 4.66. The van der Waals surface area contributed by atoms with E-state index in [-0.39, 0.29) is 23.2 Å². The number of allylic oxidation sites excluding steroid dienone is 3. The van der Waals surface area contributed by atoms with Gasteiger partial charge >= 0.3 is 0 Å². The molecule has 1 aliphatic rings. The average Bonchev–Trinajstić information content (AvgIpc) is 2.69. The Kier molecular flexibility index (Phi) is 5.16. The Labute approximate surface area is 157 Å². The lowest BCUT2D eigenvalue weighted by Gasteiger charge is -2.22. The van der Waals surface area contributed by atoms with E-state index in [1.807, 2.05) is 12.1 Å². The molecule has 3 N–H and O–H groups in total. The van der Waals surface area contributed by atoms with Crippen LogP contribution in [0.3, 0.4) is 0 Å². The van der Waals surface area contributed by atoms with Gasteiger partial charge in [-0.15, -0.1) is 0 Å². The van der Waals surface area contributed by atoms with Crippen molar-refractivity contribution in [3.8, 4) is 34.1 Å². The molecular formula is C21H22O6. The van der Waals surface area contributed by atoms with Gasteiger partial charge in [0.05, 0.1) is 21.3 Å². The summed E-state index contributed by atoms with van der Waals surface area (Å²) in [5, 5.41) is 30.3. The van der Waals surface area contributed by atoms with E-state index in [2.05, 4.69) is 0 Å². The van der Waals surface area contributed by atoms with Crippen LogP contribution in [0.5, 0.6) is 23.0 Å². The van der Waals surface area contributed by atoms with Gasteiger partial charge in [-0.3, -0.25) is 0 Å². The van der Waals surface area contributed by atoms with Crippen molar-refractivity contribution in [2.24, 2.45) is 0 Å². The summed E-state index contributed by atoms with van der Waals surface area (Å²) in [6.45, 7) is 0. The van der Waals surface area contributed by atoms with Crippen molar-refractivity contribution in [3.05, 3.63) is 59.6 Å². The molecule has 1 aliphatic carbocycles. The molecule has 0 amide bonds. The highest BCUT2D eigenvalue weighted by Gasteiger charge is 2.24. The quantitative estimate of drug-likeness (QED) is 0.729. The third kappa shape index (κ3) is 3.51. The van der Waals surface area contributed by atoms with Gasteiger partial charge in [-0.25, -0.2) is 0 Å². The standard InChI is InChI=1S/C21H22O6/c1-25-18-9-12(4-6-16(18)22)14-8-15(21(24)20(11-14)27-3)13-5-7-17(23)19(10-13)26-2/h4-9,11,13,22-24H,10H2,1-3H3. The molecular weight excluding hydrogens is 348 g/mol. The normalized spacial score (nSPS) is 16.3. The Morgan fingerprint density at radius 2 is 1.56 bits per heavy atom. The van der Waals surface area contributed by atoms with Crippen molar-refractivity contribution in [2.45, 2.75) is 12.3 Å². The van der Waals surface area contributed by atoms with Gasteiger partial charge in [0.1, 0.15) is 5.76 Å². The van der Waals surface area contributed by atoms with E-state index >= 15 is 0 Å². The monoisotopic (exact) mass is 370 g/mol. The van der Waals surface area contributed by atoms with Crippen molar-refractivity contribution < 1.29 is 29.5 Å². The molecule has 6 heteroatoms. The van der Waals surface area contributed by atoms with Gasteiger partial charge in [0.2, 0.25) is 0 Å². The second kappa shape index (κ2) is 7.53. The Morgan fingerprint density at radius 3 is 2.22 bits per heavy atom. The topological polar surface area (TPSA) is 88.4 Å². The smallest absolute Gasteiger partial charge is 0.161 e. The number of aliphatic hydroxyl groups is 1. The third-order valence-corrected chi connectivity index (χ3v) is 4.66. The van der Waals surface area contributed by atoms with E-state index in [0.717, 1.165) is 11.1 Å². The van der Waals surface area contributed by atoms with Crippen LogP contribution in [0, 0.1) is 0 Å². The van der Waals surface area contributed by atoms with Crippen LogP contribution in [-0.4, -0.2) is 36.6 Å². The lowest BCUT2D eigenvalue weighted by atomic mass is 9.88. The predicted octanol–water partition coefficient (Wildman–Crippen LogP) is 4.24. The molecule has 3 rings (SSSR count). The number of phenolic OH excluding ortho intramolecular Hbond substituents is 2. The number of ether oxygens (including phenoxy) is 3. The maximum atomic E-state index is 10.6. The lowest BCUT2D eigenvalue weighted by Crippen LogP contribution is -2.07. The van der Waals surface area contributed by atoms with E-state index < -0.39 is 0 Å². The molecule has 2 aromatic carbocycles. The van der Waals surface area contributed by atoms with Crippen molar-refractivity contribution in [1.82, 2.24) is 0 Å². The van der Waals surface area contributed by atoms with E-state index in [9.17, 15) is 15.3 Å². The molecule has 2 aromatic rings. The summed E-state index contributed by atoms with van der Waals surface area (Å²) in [7, 11) is 4.48. The van der Waals surface area contributed by atoms with E-state index in [0.29, 0.717) is 29.2 Å². The molecule has 27 heavy (non-hydrogen) atoms. The Hall–Kier alpha value is -3.28. The zero-order valence-corrected chi connectivity index (χ0v) is 15.4. The minimum atomic E-state index is -0.191. The molecule has 0 saturated heterocycles.